The molecule has 0 spiro atoms. The third-order valence-electron chi connectivity index (χ3n) is 3.69. The van der Waals surface area contributed by atoms with Gasteiger partial charge in [0.05, 0.1) is 5.56 Å². The topological polar surface area (TPSA) is 26.3 Å². The van der Waals surface area contributed by atoms with Crippen LogP contribution in [0.5, 0.6) is 5.75 Å². The highest BCUT2D eigenvalue weighted by Crippen LogP contribution is 2.35. The summed E-state index contributed by atoms with van der Waals surface area (Å²) in [5, 5.41) is 0. The number of carbonyl (C=O) groups excluding carboxylic acids is 1. The van der Waals surface area contributed by atoms with E-state index >= 15 is 0 Å². The van der Waals surface area contributed by atoms with Gasteiger partial charge in [0.2, 0.25) is 0 Å². The van der Waals surface area contributed by atoms with E-state index < -0.39 is 5.82 Å². The van der Waals surface area contributed by atoms with Crippen LogP contribution in [0.2, 0.25) is 0 Å². The zero-order chi connectivity index (χ0) is 15.2. The standard InChI is InChI=1S/C18H17FO2/c1-11-4-6-14(15(19)8-11)17(20)12-5-7-16-13(9-12)10-18(2,3)21-16/h4-9H,10H2,1-3H3. The molecule has 21 heavy (non-hydrogen) atoms. The van der Waals surface area contributed by atoms with Gasteiger partial charge in [0.25, 0.3) is 0 Å². The van der Waals surface area contributed by atoms with E-state index in [-0.39, 0.29) is 16.9 Å². The summed E-state index contributed by atoms with van der Waals surface area (Å²) in [6.45, 7) is 5.81. The molecule has 2 aromatic rings. The van der Waals surface area contributed by atoms with Crippen LogP contribution in [-0.4, -0.2) is 11.4 Å². The van der Waals surface area contributed by atoms with E-state index in [4.69, 9.17) is 4.74 Å². The fourth-order valence-electron chi connectivity index (χ4n) is 2.71. The molecule has 0 radical (unpaired) electrons. The summed E-state index contributed by atoms with van der Waals surface area (Å²) >= 11 is 0. The average molecular weight is 284 g/mol. The van der Waals surface area contributed by atoms with Crippen molar-refractivity contribution in [3.05, 3.63) is 64.5 Å². The molecule has 0 fully saturated rings. The average Bonchev–Trinajstić information content (AvgIpc) is 2.70. The SMILES string of the molecule is Cc1ccc(C(=O)c2ccc3c(c2)CC(C)(C)O3)c(F)c1. The lowest BCUT2D eigenvalue weighted by Crippen LogP contribution is -2.24. The number of ether oxygens (including phenoxy) is 1. The molecule has 0 atom stereocenters. The monoisotopic (exact) mass is 284 g/mol. The molecule has 0 N–H and O–H groups in total. The Morgan fingerprint density at radius 1 is 1.19 bits per heavy atom. The molecule has 1 aliphatic heterocycles. The molecular weight excluding hydrogens is 267 g/mol. The Kier molecular flexibility index (Phi) is 3.08. The number of ketones is 1. The minimum atomic E-state index is -0.475. The van der Waals surface area contributed by atoms with Gasteiger partial charge in [-0.1, -0.05) is 6.07 Å². The van der Waals surface area contributed by atoms with Crippen LogP contribution < -0.4 is 4.74 Å². The molecule has 0 bridgehead atoms. The summed E-state index contributed by atoms with van der Waals surface area (Å²) in [6.07, 6.45) is 0.750. The van der Waals surface area contributed by atoms with E-state index in [1.54, 1.807) is 31.2 Å². The van der Waals surface area contributed by atoms with Crippen LogP contribution in [0.15, 0.2) is 36.4 Å². The first-order valence-electron chi connectivity index (χ1n) is 6.98. The van der Waals surface area contributed by atoms with Crippen LogP contribution in [-0.2, 0) is 6.42 Å². The van der Waals surface area contributed by atoms with E-state index in [9.17, 15) is 9.18 Å². The summed E-state index contributed by atoms with van der Waals surface area (Å²) in [7, 11) is 0. The van der Waals surface area contributed by atoms with Crippen molar-refractivity contribution in [1.29, 1.82) is 0 Å². The molecule has 1 aliphatic rings. The van der Waals surface area contributed by atoms with Crippen molar-refractivity contribution >= 4 is 5.78 Å². The number of fused-ring (bicyclic) bond motifs is 1. The molecule has 2 aromatic carbocycles. The molecule has 3 rings (SSSR count). The molecule has 108 valence electrons. The predicted octanol–water partition coefficient (Wildman–Crippen LogP) is 4.08. The van der Waals surface area contributed by atoms with Gasteiger partial charge in [-0.3, -0.25) is 4.79 Å². The molecule has 0 aliphatic carbocycles. The van der Waals surface area contributed by atoms with Gasteiger partial charge in [0.1, 0.15) is 17.2 Å². The van der Waals surface area contributed by atoms with Crippen LogP contribution in [0.1, 0.15) is 40.9 Å². The maximum absolute atomic E-state index is 13.9. The van der Waals surface area contributed by atoms with Crippen molar-refractivity contribution in [2.24, 2.45) is 0 Å². The number of benzene rings is 2. The first-order valence-corrected chi connectivity index (χ1v) is 6.98. The summed E-state index contributed by atoms with van der Waals surface area (Å²) in [6, 6.07) is 9.97. The van der Waals surface area contributed by atoms with Gasteiger partial charge in [0.15, 0.2) is 5.78 Å². The highest BCUT2D eigenvalue weighted by atomic mass is 19.1. The Morgan fingerprint density at radius 2 is 1.95 bits per heavy atom. The van der Waals surface area contributed by atoms with Crippen molar-refractivity contribution in [3.63, 3.8) is 0 Å². The quantitative estimate of drug-likeness (QED) is 0.777. The van der Waals surface area contributed by atoms with Gasteiger partial charge in [-0.25, -0.2) is 4.39 Å². The Bertz CT molecular complexity index is 732. The second kappa shape index (κ2) is 4.69. The van der Waals surface area contributed by atoms with Crippen molar-refractivity contribution in [2.45, 2.75) is 32.8 Å². The molecule has 3 heteroatoms. The first-order chi connectivity index (χ1) is 9.85. The van der Waals surface area contributed by atoms with Gasteiger partial charge in [-0.05, 0) is 62.2 Å². The minimum absolute atomic E-state index is 0.110. The van der Waals surface area contributed by atoms with E-state index in [1.165, 1.54) is 6.07 Å². The van der Waals surface area contributed by atoms with Gasteiger partial charge >= 0.3 is 0 Å². The summed E-state index contributed by atoms with van der Waals surface area (Å²) < 4.78 is 19.7. The lowest BCUT2D eigenvalue weighted by Gasteiger charge is -2.16. The van der Waals surface area contributed by atoms with E-state index in [1.807, 2.05) is 19.9 Å². The van der Waals surface area contributed by atoms with Gasteiger partial charge in [0, 0.05) is 12.0 Å². The lowest BCUT2D eigenvalue weighted by atomic mass is 9.96. The van der Waals surface area contributed by atoms with Gasteiger partial charge in [-0.15, -0.1) is 0 Å². The Hall–Kier alpha value is -2.16. The van der Waals surface area contributed by atoms with Crippen LogP contribution >= 0.6 is 0 Å². The Morgan fingerprint density at radius 3 is 2.67 bits per heavy atom. The first kappa shape index (κ1) is 13.8. The number of hydrogen-bond donors (Lipinski definition) is 0. The van der Waals surface area contributed by atoms with E-state index in [0.29, 0.717) is 5.56 Å². The summed E-state index contributed by atoms with van der Waals surface area (Å²) in [4.78, 5) is 12.5. The maximum Gasteiger partial charge on any atom is 0.195 e. The van der Waals surface area contributed by atoms with Gasteiger partial charge in [-0.2, -0.15) is 0 Å². The fraction of sp³-hybridized carbons (Fsp3) is 0.278. The normalized spacial score (nSPS) is 15.4. The van der Waals surface area contributed by atoms with Crippen LogP contribution in [0.4, 0.5) is 4.39 Å². The van der Waals surface area contributed by atoms with Crippen LogP contribution in [0.25, 0.3) is 0 Å². The molecule has 0 amide bonds. The summed E-state index contributed by atoms with van der Waals surface area (Å²) in [5.41, 5.74) is 2.15. The minimum Gasteiger partial charge on any atom is -0.487 e. The Labute approximate surface area is 123 Å². The predicted molar refractivity (Wildman–Crippen MR) is 79.4 cm³/mol. The number of hydrogen-bond acceptors (Lipinski definition) is 2. The van der Waals surface area contributed by atoms with E-state index in [0.717, 1.165) is 23.3 Å². The molecule has 1 heterocycles. The third kappa shape index (κ3) is 2.56. The number of halogens is 1. The number of rotatable bonds is 2. The maximum atomic E-state index is 13.9. The van der Waals surface area contributed by atoms with Crippen molar-refractivity contribution in [1.82, 2.24) is 0 Å². The molecule has 0 saturated carbocycles. The zero-order valence-electron chi connectivity index (χ0n) is 12.4. The van der Waals surface area contributed by atoms with Crippen molar-refractivity contribution in [2.75, 3.05) is 0 Å². The number of carbonyl (C=O) groups is 1. The third-order valence-corrected chi connectivity index (χ3v) is 3.69. The van der Waals surface area contributed by atoms with Crippen molar-refractivity contribution in [3.8, 4) is 5.75 Å². The highest BCUT2D eigenvalue weighted by Gasteiger charge is 2.30. The second-order valence-corrected chi connectivity index (χ2v) is 6.17. The largest absolute Gasteiger partial charge is 0.487 e. The lowest BCUT2D eigenvalue weighted by molar-refractivity contribution is 0.103. The molecule has 2 nitrogen and oxygen atoms in total. The zero-order valence-corrected chi connectivity index (χ0v) is 12.4. The van der Waals surface area contributed by atoms with Crippen LogP contribution in [0, 0.1) is 12.7 Å². The molecular formula is C18H17FO2. The Balaban J connectivity index is 1.97. The van der Waals surface area contributed by atoms with Gasteiger partial charge < -0.3 is 4.74 Å². The van der Waals surface area contributed by atoms with E-state index in [2.05, 4.69) is 0 Å². The molecule has 0 aromatic heterocycles. The smallest absolute Gasteiger partial charge is 0.195 e. The summed E-state index contributed by atoms with van der Waals surface area (Å²) in [5.74, 6) is 0.0398. The van der Waals surface area contributed by atoms with Crippen molar-refractivity contribution < 1.29 is 13.9 Å². The molecule has 0 unspecified atom stereocenters. The second-order valence-electron chi connectivity index (χ2n) is 6.17. The molecule has 0 saturated heterocycles. The fourth-order valence-corrected chi connectivity index (χ4v) is 2.71. The highest BCUT2D eigenvalue weighted by molar-refractivity contribution is 6.09. The number of aryl methyl sites for hydroxylation is 1. The van der Waals surface area contributed by atoms with Crippen LogP contribution in [0.3, 0.4) is 0 Å².